The Morgan fingerprint density at radius 1 is 1.40 bits per heavy atom. The van der Waals surface area contributed by atoms with E-state index in [1.165, 1.54) is 9.80 Å². The van der Waals surface area contributed by atoms with Gasteiger partial charge in [-0.25, -0.2) is 4.99 Å². The quantitative estimate of drug-likeness (QED) is 0.900. The molecule has 20 heavy (non-hydrogen) atoms. The lowest BCUT2D eigenvalue weighted by Crippen LogP contribution is -3.06. The van der Waals surface area contributed by atoms with E-state index in [2.05, 4.69) is 27.1 Å². The number of carbonyl (C=O) groups is 1. The Kier molecular flexibility index (Phi) is 3.34. The van der Waals surface area contributed by atoms with Crippen molar-refractivity contribution in [1.29, 1.82) is 0 Å². The van der Waals surface area contributed by atoms with Gasteiger partial charge in [0.15, 0.2) is 0 Å². The van der Waals surface area contributed by atoms with Crippen molar-refractivity contribution in [3.63, 3.8) is 0 Å². The zero-order valence-electron chi connectivity index (χ0n) is 12.1. The molecule has 0 unspecified atom stereocenters. The number of benzene rings is 1. The summed E-state index contributed by atoms with van der Waals surface area (Å²) >= 11 is 1.77. The number of hydrogen-bond donors (Lipinski definition) is 1. The highest BCUT2D eigenvalue weighted by molar-refractivity contribution is 8.01. The van der Waals surface area contributed by atoms with Gasteiger partial charge >= 0.3 is 0 Å². The molecule has 106 valence electrons. The largest absolute Gasteiger partial charge is 0.338 e. The summed E-state index contributed by atoms with van der Waals surface area (Å²) in [5, 5.41) is 0. The van der Waals surface area contributed by atoms with Gasteiger partial charge in [-0.05, 0) is 19.1 Å². The maximum atomic E-state index is 12.3. The van der Waals surface area contributed by atoms with Gasteiger partial charge in [0.25, 0.3) is 0 Å². The first-order chi connectivity index (χ1) is 9.49. The first-order valence-corrected chi connectivity index (χ1v) is 7.78. The van der Waals surface area contributed by atoms with E-state index >= 15 is 0 Å². The first-order valence-electron chi connectivity index (χ1n) is 6.96. The van der Waals surface area contributed by atoms with Crippen LogP contribution in [0.1, 0.15) is 13.3 Å². The number of aliphatic imine (C=N–C) groups is 1. The third kappa shape index (κ3) is 2.25. The van der Waals surface area contributed by atoms with Crippen LogP contribution in [0.4, 0.5) is 5.69 Å². The van der Waals surface area contributed by atoms with Gasteiger partial charge in [0.05, 0.1) is 37.6 Å². The molecule has 2 aliphatic rings. The second kappa shape index (κ2) is 4.90. The van der Waals surface area contributed by atoms with E-state index in [0.717, 1.165) is 24.6 Å². The van der Waals surface area contributed by atoms with Crippen molar-refractivity contribution in [2.75, 3.05) is 27.2 Å². The molecule has 2 aliphatic heterocycles. The summed E-state index contributed by atoms with van der Waals surface area (Å²) in [6.45, 7) is 3.82. The lowest BCUT2D eigenvalue weighted by Gasteiger charge is -2.30. The standard InChI is InChI=1S/C15H19N3OS/c1-15-10-13(19)18(9-8-17(2)3)14(15)16-11-6-4-5-7-12(11)20-15/h4-7H,8-10H2,1-3H3/p+1/t15-/m0/s1. The van der Waals surface area contributed by atoms with Crippen LogP contribution in [-0.4, -0.2) is 48.6 Å². The van der Waals surface area contributed by atoms with E-state index < -0.39 is 0 Å². The number of hydrogen-bond acceptors (Lipinski definition) is 3. The summed E-state index contributed by atoms with van der Waals surface area (Å²) in [4.78, 5) is 21.5. The molecule has 1 amide bonds. The number of nitrogens with one attached hydrogen (secondary N) is 1. The van der Waals surface area contributed by atoms with E-state index in [1.54, 1.807) is 11.8 Å². The smallest absolute Gasteiger partial charge is 0.230 e. The summed E-state index contributed by atoms with van der Waals surface area (Å²) in [7, 11) is 4.21. The van der Waals surface area contributed by atoms with Crippen LogP contribution >= 0.6 is 11.8 Å². The molecule has 0 bridgehead atoms. The number of nitrogens with zero attached hydrogens (tertiary/aromatic N) is 2. The molecule has 0 saturated carbocycles. The molecular weight excluding hydrogens is 270 g/mol. The number of carbonyl (C=O) groups excluding carboxylic acids is 1. The predicted octanol–water partition coefficient (Wildman–Crippen LogP) is 0.958. The topological polar surface area (TPSA) is 37.1 Å². The number of amidine groups is 1. The van der Waals surface area contributed by atoms with Crippen LogP contribution in [0.25, 0.3) is 0 Å². The lowest BCUT2D eigenvalue weighted by atomic mass is 10.1. The highest BCUT2D eigenvalue weighted by atomic mass is 32.2. The van der Waals surface area contributed by atoms with Gasteiger partial charge in [-0.15, -0.1) is 11.8 Å². The molecule has 0 aromatic heterocycles. The second-order valence-electron chi connectivity index (χ2n) is 5.92. The van der Waals surface area contributed by atoms with Crippen molar-refractivity contribution in [3.8, 4) is 0 Å². The summed E-state index contributed by atoms with van der Waals surface area (Å²) in [5.41, 5.74) is 0.988. The highest BCUT2D eigenvalue weighted by Gasteiger charge is 2.48. The molecule has 1 atom stereocenters. The Hall–Kier alpha value is -1.33. The zero-order chi connectivity index (χ0) is 14.3. The number of likely N-dealkylation sites (N-methyl/N-ethyl adjacent to an activating group) is 1. The van der Waals surface area contributed by atoms with Gasteiger partial charge in [0.2, 0.25) is 5.91 Å². The molecule has 3 rings (SSSR count). The molecule has 4 nitrogen and oxygen atoms in total. The molecule has 1 fully saturated rings. The summed E-state index contributed by atoms with van der Waals surface area (Å²) < 4.78 is -0.201. The molecule has 1 aromatic rings. The van der Waals surface area contributed by atoms with Gasteiger partial charge in [-0.1, -0.05) is 12.1 Å². The van der Waals surface area contributed by atoms with Gasteiger partial charge in [-0.2, -0.15) is 0 Å². The molecule has 1 saturated heterocycles. The fourth-order valence-corrected chi connectivity index (χ4v) is 3.98. The van der Waals surface area contributed by atoms with Crippen molar-refractivity contribution in [2.45, 2.75) is 23.0 Å². The normalized spacial score (nSPS) is 24.7. The van der Waals surface area contributed by atoms with E-state index in [-0.39, 0.29) is 10.7 Å². The van der Waals surface area contributed by atoms with Crippen molar-refractivity contribution < 1.29 is 9.69 Å². The Morgan fingerprint density at radius 3 is 2.90 bits per heavy atom. The maximum Gasteiger partial charge on any atom is 0.230 e. The molecule has 2 heterocycles. The van der Waals surface area contributed by atoms with Crippen LogP contribution < -0.4 is 4.90 Å². The summed E-state index contributed by atoms with van der Waals surface area (Å²) in [6.07, 6.45) is 0.549. The van der Waals surface area contributed by atoms with Crippen molar-refractivity contribution in [2.24, 2.45) is 4.99 Å². The van der Waals surface area contributed by atoms with Crippen molar-refractivity contribution in [3.05, 3.63) is 24.3 Å². The number of rotatable bonds is 3. The van der Waals surface area contributed by atoms with Crippen LogP contribution in [0, 0.1) is 0 Å². The van der Waals surface area contributed by atoms with Gasteiger partial charge in [0, 0.05) is 11.3 Å². The van der Waals surface area contributed by atoms with E-state index in [0.29, 0.717) is 6.42 Å². The first kappa shape index (κ1) is 13.6. The number of para-hydroxylation sites is 1. The minimum Gasteiger partial charge on any atom is -0.338 e. The van der Waals surface area contributed by atoms with Gasteiger partial charge in [-0.3, -0.25) is 9.69 Å². The summed E-state index contributed by atoms with van der Waals surface area (Å²) in [6, 6.07) is 8.13. The van der Waals surface area contributed by atoms with Crippen LogP contribution in [0.3, 0.4) is 0 Å². The fourth-order valence-electron chi connectivity index (χ4n) is 2.69. The van der Waals surface area contributed by atoms with Crippen molar-refractivity contribution in [1.82, 2.24) is 4.90 Å². The van der Waals surface area contributed by atoms with Gasteiger partial charge in [0.1, 0.15) is 5.84 Å². The second-order valence-corrected chi connectivity index (χ2v) is 7.46. The Labute approximate surface area is 123 Å². The van der Waals surface area contributed by atoms with E-state index in [1.807, 2.05) is 23.1 Å². The third-order valence-electron chi connectivity index (χ3n) is 3.78. The molecule has 1 aromatic carbocycles. The monoisotopic (exact) mass is 290 g/mol. The maximum absolute atomic E-state index is 12.3. The van der Waals surface area contributed by atoms with Gasteiger partial charge < -0.3 is 4.90 Å². The Morgan fingerprint density at radius 2 is 2.15 bits per heavy atom. The minimum absolute atomic E-state index is 0.201. The molecular formula is C15H20N3OS+. The number of amides is 1. The average Bonchev–Trinajstić information content (AvgIpc) is 2.62. The number of likely N-dealkylation sites (tertiary alicyclic amines) is 1. The Balaban J connectivity index is 1.95. The van der Waals surface area contributed by atoms with Crippen LogP contribution in [-0.2, 0) is 4.79 Å². The zero-order valence-corrected chi connectivity index (χ0v) is 13.0. The van der Waals surface area contributed by atoms with E-state index in [4.69, 9.17) is 4.99 Å². The number of thioether (sulfide) groups is 1. The third-order valence-corrected chi connectivity index (χ3v) is 5.12. The highest BCUT2D eigenvalue weighted by Crippen LogP contribution is 2.49. The predicted molar refractivity (Wildman–Crippen MR) is 81.8 cm³/mol. The van der Waals surface area contributed by atoms with Crippen LogP contribution in [0.5, 0.6) is 0 Å². The Bertz CT molecular complexity index is 584. The lowest BCUT2D eigenvalue weighted by molar-refractivity contribution is -0.857. The molecule has 1 N–H and O–H groups in total. The van der Waals surface area contributed by atoms with Crippen molar-refractivity contribution >= 4 is 29.2 Å². The minimum atomic E-state index is -0.201. The molecule has 5 heteroatoms. The number of fused-ring (bicyclic) bond motifs is 2. The fraction of sp³-hybridized carbons (Fsp3) is 0.467. The van der Waals surface area contributed by atoms with Crippen LogP contribution in [0.15, 0.2) is 34.2 Å². The number of quaternary nitrogens is 1. The molecule has 0 radical (unpaired) electrons. The average molecular weight is 290 g/mol. The van der Waals surface area contributed by atoms with E-state index in [9.17, 15) is 4.79 Å². The summed E-state index contributed by atoms with van der Waals surface area (Å²) in [5.74, 6) is 1.14. The SMILES string of the molecule is C[NH+](C)CCN1C(=O)C[C@]2(C)Sc3ccccc3N=C12. The molecule has 0 spiro atoms. The van der Waals surface area contributed by atoms with Crippen LogP contribution in [0.2, 0.25) is 0 Å². The molecule has 0 aliphatic carbocycles.